The SMILES string of the molecule is [2H]c1c([2H])c([2H])c2c(c1[2H])c1c([2H])c([2H])c([2H])c([2H])c1n2-c1cc(-c2ccccc2-n2c3c([2H])c([2H])c([2H])c([2H])c3c3c([2H])c([2H])c([2H])c([2H])c32)cc(-n2c3c([2H])c([2H])c([2H])c([2H])c3c3c([2H])c(C)c([2H])c([2H])c32)n1. The maximum atomic E-state index is 9.40. The summed E-state index contributed by atoms with van der Waals surface area (Å²) in [4.78, 5) is 4.98. The molecule has 244 valence electrons. The molecule has 0 unspecified atom stereocenters. The molecule has 0 spiro atoms. The number of pyridine rings is 1. The highest BCUT2D eigenvalue weighted by molar-refractivity contribution is 6.12. The van der Waals surface area contributed by atoms with Gasteiger partial charge in [-0.05, 0) is 73.0 Å². The lowest BCUT2D eigenvalue weighted by Crippen LogP contribution is -2.05. The molecule has 0 saturated carbocycles. The molecule has 0 fully saturated rings. The van der Waals surface area contributed by atoms with Gasteiger partial charge >= 0.3 is 0 Å². The molecule has 0 atom stereocenters. The van der Waals surface area contributed by atoms with Crippen LogP contribution in [0.2, 0.25) is 0 Å². The van der Waals surface area contributed by atoms with Gasteiger partial charge in [-0.15, -0.1) is 0 Å². The molecule has 11 aromatic rings. The molecule has 0 N–H and O–H groups in total. The van der Waals surface area contributed by atoms with E-state index in [0.717, 1.165) is 9.13 Å². The van der Waals surface area contributed by atoms with E-state index in [-0.39, 0.29) is 105 Å². The van der Waals surface area contributed by atoms with Gasteiger partial charge in [-0.1, -0.05) is 120 Å². The van der Waals surface area contributed by atoms with Crippen LogP contribution in [0.1, 0.15) is 37.1 Å². The fraction of sp³-hybridized carbons (Fsp3) is 0.0208. The Labute approximate surface area is 332 Å². The van der Waals surface area contributed by atoms with Gasteiger partial charge in [0.25, 0.3) is 0 Å². The van der Waals surface area contributed by atoms with Crippen molar-refractivity contribution in [3.05, 3.63) is 181 Å². The summed E-state index contributed by atoms with van der Waals surface area (Å²) in [6.07, 6.45) is 0. The van der Waals surface area contributed by atoms with Crippen molar-refractivity contribution in [2.75, 3.05) is 0 Å². The van der Waals surface area contributed by atoms with Crippen molar-refractivity contribution >= 4 is 65.4 Å². The first kappa shape index (κ1) is 14.4. The van der Waals surface area contributed by atoms with Crippen LogP contribution in [0.4, 0.5) is 0 Å². The van der Waals surface area contributed by atoms with Crippen LogP contribution in [-0.2, 0) is 0 Å². The molecular weight excluding hydrogens is 633 g/mol. The zero-order chi connectivity index (χ0) is 54.4. The molecule has 4 aromatic heterocycles. The summed E-state index contributed by atoms with van der Waals surface area (Å²) in [5.41, 5.74) is -1.70. The van der Waals surface area contributed by atoms with E-state index >= 15 is 0 Å². The van der Waals surface area contributed by atoms with Crippen molar-refractivity contribution in [1.29, 1.82) is 0 Å². The quantitative estimate of drug-likeness (QED) is 0.181. The van der Waals surface area contributed by atoms with Gasteiger partial charge in [0.1, 0.15) is 11.6 Å². The van der Waals surface area contributed by atoms with Crippen LogP contribution < -0.4 is 0 Å². The Kier molecular flexibility index (Phi) is 3.05. The smallest absolute Gasteiger partial charge is 0.140 e. The number of aromatic nitrogens is 4. The van der Waals surface area contributed by atoms with E-state index in [0.29, 0.717) is 0 Å². The van der Waals surface area contributed by atoms with E-state index in [2.05, 4.69) is 0 Å². The molecule has 4 heterocycles. The van der Waals surface area contributed by atoms with Crippen LogP contribution in [0, 0.1) is 6.92 Å². The minimum atomic E-state index is -0.757. The van der Waals surface area contributed by atoms with Gasteiger partial charge in [0.15, 0.2) is 0 Å². The average Bonchev–Trinajstić information content (AvgIpc) is 4.10. The summed E-state index contributed by atoms with van der Waals surface area (Å²) in [5.74, 6) is -0.689. The Morgan fingerprint density at radius 3 is 1.35 bits per heavy atom. The fourth-order valence-electron chi connectivity index (χ4n) is 6.95. The van der Waals surface area contributed by atoms with Gasteiger partial charge < -0.3 is 4.57 Å². The van der Waals surface area contributed by atoms with E-state index < -0.39 is 133 Å². The predicted molar refractivity (Wildman–Crippen MR) is 217 cm³/mol. The molecule has 0 aliphatic heterocycles. The van der Waals surface area contributed by atoms with Crippen molar-refractivity contribution in [1.82, 2.24) is 18.7 Å². The zero-order valence-corrected chi connectivity index (χ0v) is 26.8. The van der Waals surface area contributed by atoms with Crippen molar-refractivity contribution in [2.45, 2.75) is 6.92 Å². The zero-order valence-electron chi connectivity index (χ0n) is 49.8. The lowest BCUT2D eigenvalue weighted by Gasteiger charge is -2.17. The van der Waals surface area contributed by atoms with E-state index in [4.69, 9.17) is 26.9 Å². The number of hydrogen-bond acceptors (Lipinski definition) is 1. The minimum absolute atomic E-state index is 0.00552. The number of nitrogens with zero attached hydrogens (tertiary/aromatic N) is 4. The average molecular weight is 688 g/mol. The van der Waals surface area contributed by atoms with E-state index in [1.54, 1.807) is 12.1 Å². The third kappa shape index (κ3) is 4.12. The van der Waals surface area contributed by atoms with Gasteiger partial charge in [0.05, 0.1) is 70.3 Å². The molecule has 0 amide bonds. The summed E-state index contributed by atoms with van der Waals surface area (Å²) in [6.45, 7) is 1.41. The highest BCUT2D eigenvalue weighted by Crippen LogP contribution is 2.40. The Bertz CT molecular complexity index is 4120. The maximum Gasteiger partial charge on any atom is 0.140 e. The molecule has 0 aliphatic carbocycles. The standard InChI is InChI=1S/C48H32N4/c1-31-26-27-46-39(28-31)38-19-7-13-25-45(38)52(46)48-30-32(29-47(49-48)51-43-23-11-5-17-36(43)37-18-6-12-24-44(37)51)33-14-2-8-20-40(33)50-41-21-9-3-15-34(41)35-16-4-10-22-42(35)50/h2-30H,1H3/i3D,4D,5D,6D,7D,9D,10D,11D,12D,13D,15D,16D,17D,18D,19D,21D,22D,23D,24D,25D,26D,27D,28D. The van der Waals surface area contributed by atoms with E-state index in [1.165, 1.54) is 35.8 Å². The first-order valence-corrected chi connectivity index (χ1v) is 15.9. The maximum absolute atomic E-state index is 9.40. The van der Waals surface area contributed by atoms with Crippen molar-refractivity contribution in [3.63, 3.8) is 0 Å². The molecule has 0 bridgehead atoms. The Balaban J connectivity index is 1.41. The largest absolute Gasteiger partial charge is 0.309 e. The molecule has 0 aliphatic rings. The molecule has 4 nitrogen and oxygen atoms in total. The first-order valence-electron chi connectivity index (χ1n) is 27.4. The third-order valence-corrected chi connectivity index (χ3v) is 9.06. The number of rotatable bonds is 4. The fourth-order valence-corrected chi connectivity index (χ4v) is 6.95. The van der Waals surface area contributed by atoms with Crippen molar-refractivity contribution in [3.8, 4) is 28.5 Å². The Morgan fingerprint density at radius 1 is 0.442 bits per heavy atom. The van der Waals surface area contributed by atoms with Crippen LogP contribution in [-0.4, -0.2) is 18.7 Å². The minimum Gasteiger partial charge on any atom is -0.309 e. The number of benzene rings is 7. The summed E-state index contributed by atoms with van der Waals surface area (Å²) in [5, 5.41) is -1.50. The summed E-state index contributed by atoms with van der Waals surface area (Å²) in [6, 6.07) is -6.07. The second kappa shape index (κ2) is 11.0. The second-order valence-electron chi connectivity index (χ2n) is 11.9. The molecule has 0 saturated heterocycles. The van der Waals surface area contributed by atoms with Gasteiger partial charge in [-0.25, -0.2) is 4.98 Å². The van der Waals surface area contributed by atoms with Crippen molar-refractivity contribution in [2.24, 2.45) is 0 Å². The van der Waals surface area contributed by atoms with Crippen molar-refractivity contribution < 1.29 is 31.5 Å². The normalized spacial score (nSPS) is 18.1. The van der Waals surface area contributed by atoms with E-state index in [9.17, 15) is 9.60 Å². The number of hydrogen-bond donors (Lipinski definition) is 0. The molecule has 4 heteroatoms. The van der Waals surface area contributed by atoms with Gasteiger partial charge in [-0.3, -0.25) is 9.13 Å². The lowest BCUT2D eigenvalue weighted by atomic mass is 10.0. The highest BCUT2D eigenvalue weighted by atomic mass is 15.1. The van der Waals surface area contributed by atoms with Crippen LogP contribution >= 0.6 is 0 Å². The topological polar surface area (TPSA) is 27.7 Å². The van der Waals surface area contributed by atoms with Crippen LogP contribution in [0.15, 0.2) is 175 Å². The summed E-state index contributed by atoms with van der Waals surface area (Å²) in [7, 11) is 0. The third-order valence-electron chi connectivity index (χ3n) is 9.06. The van der Waals surface area contributed by atoms with Gasteiger partial charge in [0.2, 0.25) is 0 Å². The molecule has 7 aromatic carbocycles. The monoisotopic (exact) mass is 687 g/mol. The molecule has 11 rings (SSSR count). The van der Waals surface area contributed by atoms with Gasteiger partial charge in [-0.2, -0.15) is 0 Å². The summed E-state index contributed by atoms with van der Waals surface area (Å²) >= 11 is 0. The number of para-hydroxylation sites is 6. The Hall–Kier alpha value is -6.91. The molecule has 52 heavy (non-hydrogen) atoms. The molecular formula is C48H32N4. The van der Waals surface area contributed by atoms with E-state index in [1.807, 2.05) is 0 Å². The predicted octanol–water partition coefficient (Wildman–Crippen LogP) is 12.3. The highest BCUT2D eigenvalue weighted by Gasteiger charge is 2.21. The second-order valence-corrected chi connectivity index (χ2v) is 11.9. The lowest BCUT2D eigenvalue weighted by molar-refractivity contribution is 1.01. The first-order chi connectivity index (χ1) is 35.3. The number of fused-ring (bicyclic) bond motifs is 9. The van der Waals surface area contributed by atoms with Gasteiger partial charge in [0, 0.05) is 37.9 Å². The molecule has 0 radical (unpaired) electrons. The van der Waals surface area contributed by atoms with Crippen LogP contribution in [0.5, 0.6) is 0 Å². The van der Waals surface area contributed by atoms with Crippen LogP contribution in [0.3, 0.4) is 0 Å². The summed E-state index contributed by atoms with van der Waals surface area (Å²) < 4.78 is 210. The van der Waals surface area contributed by atoms with Crippen LogP contribution in [0.25, 0.3) is 93.9 Å². The Morgan fingerprint density at radius 2 is 0.846 bits per heavy atom.